The average molecular weight is 381 g/mol. The summed E-state index contributed by atoms with van der Waals surface area (Å²) in [7, 11) is 0. The van der Waals surface area contributed by atoms with E-state index in [1.165, 1.54) is 0 Å². The van der Waals surface area contributed by atoms with Crippen LogP contribution in [0.3, 0.4) is 0 Å². The zero-order valence-corrected chi connectivity index (χ0v) is 16.2. The van der Waals surface area contributed by atoms with Gasteiger partial charge < -0.3 is 20.3 Å². The molecule has 0 spiro atoms. The van der Waals surface area contributed by atoms with Crippen LogP contribution < -0.4 is 15.4 Å². The van der Waals surface area contributed by atoms with E-state index in [0.717, 1.165) is 30.6 Å². The molecule has 6 nitrogen and oxygen atoms in total. The fourth-order valence-electron chi connectivity index (χ4n) is 3.26. The largest absolute Gasteiger partial charge is 0.484 e. The second kappa shape index (κ2) is 9.78. The van der Waals surface area contributed by atoms with Crippen molar-refractivity contribution in [3.63, 3.8) is 0 Å². The molecule has 1 unspecified atom stereocenters. The van der Waals surface area contributed by atoms with E-state index in [4.69, 9.17) is 4.74 Å². The number of para-hydroxylation sites is 1. The van der Waals surface area contributed by atoms with Crippen molar-refractivity contribution in [3.05, 3.63) is 60.2 Å². The summed E-state index contributed by atoms with van der Waals surface area (Å²) in [6, 6.07) is 16.8. The molecule has 148 valence electrons. The molecule has 0 bridgehead atoms. The highest BCUT2D eigenvalue weighted by molar-refractivity contribution is 5.89. The summed E-state index contributed by atoms with van der Waals surface area (Å²) < 4.78 is 5.56. The molecule has 1 atom stereocenters. The van der Waals surface area contributed by atoms with E-state index in [1.807, 2.05) is 66.4 Å². The number of likely N-dealkylation sites (tertiary alicyclic amines) is 1. The van der Waals surface area contributed by atoms with Crippen LogP contribution in [0.1, 0.15) is 18.4 Å². The molecular formula is C22H27N3O3. The van der Waals surface area contributed by atoms with Crippen LogP contribution in [-0.4, -0.2) is 43.1 Å². The van der Waals surface area contributed by atoms with E-state index < -0.39 is 0 Å². The molecular weight excluding hydrogens is 354 g/mol. The summed E-state index contributed by atoms with van der Waals surface area (Å²) in [4.78, 5) is 26.3. The molecule has 28 heavy (non-hydrogen) atoms. The van der Waals surface area contributed by atoms with E-state index in [9.17, 15) is 9.59 Å². The standard InChI is InChI=1S/C22H27N3O3/c1-17-9-11-19(12-10-17)24-22(27)23-14-18-6-5-13-25(15-18)21(26)16-28-20-7-3-2-4-8-20/h2-4,7-12,18H,5-6,13-16H2,1H3,(H2,23,24,27). The highest BCUT2D eigenvalue weighted by Crippen LogP contribution is 2.17. The number of urea groups is 1. The lowest BCUT2D eigenvalue weighted by Gasteiger charge is -2.32. The lowest BCUT2D eigenvalue weighted by Crippen LogP contribution is -2.45. The Bertz CT molecular complexity index is 777. The van der Waals surface area contributed by atoms with Gasteiger partial charge in [0.1, 0.15) is 5.75 Å². The number of rotatable bonds is 6. The van der Waals surface area contributed by atoms with Gasteiger partial charge in [-0.25, -0.2) is 4.79 Å². The monoisotopic (exact) mass is 381 g/mol. The summed E-state index contributed by atoms with van der Waals surface area (Å²) in [5.41, 5.74) is 1.91. The quantitative estimate of drug-likeness (QED) is 0.805. The molecule has 1 saturated heterocycles. The maximum Gasteiger partial charge on any atom is 0.319 e. The third kappa shape index (κ3) is 6.01. The van der Waals surface area contributed by atoms with E-state index in [-0.39, 0.29) is 24.5 Å². The molecule has 2 aromatic rings. The van der Waals surface area contributed by atoms with Crippen LogP contribution in [0.5, 0.6) is 5.75 Å². The Balaban J connectivity index is 1.40. The number of ether oxygens (including phenoxy) is 1. The number of hydrogen-bond acceptors (Lipinski definition) is 3. The van der Waals surface area contributed by atoms with Gasteiger partial charge in [0.05, 0.1) is 0 Å². The number of piperidine rings is 1. The first-order chi connectivity index (χ1) is 13.6. The Labute approximate surface area is 165 Å². The van der Waals surface area contributed by atoms with Crippen LogP contribution in [0, 0.1) is 12.8 Å². The summed E-state index contributed by atoms with van der Waals surface area (Å²) in [5, 5.41) is 5.74. The van der Waals surface area contributed by atoms with Crippen molar-refractivity contribution in [2.75, 3.05) is 31.6 Å². The van der Waals surface area contributed by atoms with E-state index in [2.05, 4.69) is 10.6 Å². The fourth-order valence-corrected chi connectivity index (χ4v) is 3.26. The van der Waals surface area contributed by atoms with Crippen molar-refractivity contribution in [1.82, 2.24) is 10.2 Å². The first kappa shape index (κ1) is 19.7. The van der Waals surface area contributed by atoms with Gasteiger partial charge in [0.15, 0.2) is 6.61 Å². The molecule has 1 fully saturated rings. The molecule has 6 heteroatoms. The van der Waals surface area contributed by atoms with Crippen molar-refractivity contribution < 1.29 is 14.3 Å². The van der Waals surface area contributed by atoms with E-state index in [0.29, 0.717) is 18.8 Å². The minimum atomic E-state index is -0.222. The topological polar surface area (TPSA) is 70.7 Å². The Kier molecular flexibility index (Phi) is 6.89. The number of amides is 3. The number of nitrogens with one attached hydrogen (secondary N) is 2. The first-order valence-electron chi connectivity index (χ1n) is 9.67. The first-order valence-corrected chi connectivity index (χ1v) is 9.67. The van der Waals surface area contributed by atoms with Crippen LogP contribution >= 0.6 is 0 Å². The van der Waals surface area contributed by atoms with Crippen LogP contribution in [0.2, 0.25) is 0 Å². The van der Waals surface area contributed by atoms with Crippen LogP contribution in [0.25, 0.3) is 0 Å². The number of aryl methyl sites for hydroxylation is 1. The van der Waals surface area contributed by atoms with Crippen molar-refractivity contribution in [3.8, 4) is 5.75 Å². The lowest BCUT2D eigenvalue weighted by atomic mass is 9.98. The Morgan fingerprint density at radius 1 is 1.11 bits per heavy atom. The molecule has 0 radical (unpaired) electrons. The van der Waals surface area contributed by atoms with Gasteiger partial charge in [-0.05, 0) is 49.9 Å². The van der Waals surface area contributed by atoms with Crippen LogP contribution in [0.15, 0.2) is 54.6 Å². The zero-order chi connectivity index (χ0) is 19.8. The van der Waals surface area contributed by atoms with Gasteiger partial charge in [0.25, 0.3) is 5.91 Å². The normalized spacial score (nSPS) is 16.3. The highest BCUT2D eigenvalue weighted by atomic mass is 16.5. The number of nitrogens with zero attached hydrogens (tertiary/aromatic N) is 1. The Morgan fingerprint density at radius 2 is 1.86 bits per heavy atom. The molecule has 1 heterocycles. The van der Waals surface area contributed by atoms with E-state index in [1.54, 1.807) is 0 Å². The second-order valence-electron chi connectivity index (χ2n) is 7.15. The SMILES string of the molecule is Cc1ccc(NC(=O)NCC2CCCN(C(=O)COc3ccccc3)C2)cc1. The molecule has 1 aliphatic heterocycles. The summed E-state index contributed by atoms with van der Waals surface area (Å²) >= 11 is 0. The molecule has 2 N–H and O–H groups in total. The Morgan fingerprint density at radius 3 is 2.61 bits per heavy atom. The Hall–Kier alpha value is -3.02. The van der Waals surface area contributed by atoms with Crippen molar-refractivity contribution >= 4 is 17.6 Å². The maximum absolute atomic E-state index is 12.4. The lowest BCUT2D eigenvalue weighted by molar-refractivity contribution is -0.135. The minimum Gasteiger partial charge on any atom is -0.484 e. The number of benzene rings is 2. The molecule has 0 saturated carbocycles. The number of anilines is 1. The molecule has 0 aliphatic carbocycles. The second-order valence-corrected chi connectivity index (χ2v) is 7.15. The zero-order valence-electron chi connectivity index (χ0n) is 16.2. The number of hydrogen-bond donors (Lipinski definition) is 2. The summed E-state index contributed by atoms with van der Waals surface area (Å²) in [6.45, 7) is 3.97. The fraction of sp³-hybridized carbons (Fsp3) is 0.364. The van der Waals surface area contributed by atoms with Crippen LogP contribution in [-0.2, 0) is 4.79 Å². The highest BCUT2D eigenvalue weighted by Gasteiger charge is 2.24. The van der Waals surface area contributed by atoms with Gasteiger partial charge in [-0.3, -0.25) is 4.79 Å². The molecule has 0 aromatic heterocycles. The number of carbonyl (C=O) groups excluding carboxylic acids is 2. The van der Waals surface area contributed by atoms with Gasteiger partial charge in [0, 0.05) is 25.3 Å². The third-order valence-electron chi connectivity index (χ3n) is 4.84. The van der Waals surface area contributed by atoms with Crippen molar-refractivity contribution in [2.24, 2.45) is 5.92 Å². The predicted octanol–water partition coefficient (Wildman–Crippen LogP) is 3.43. The van der Waals surface area contributed by atoms with Crippen molar-refractivity contribution in [1.29, 1.82) is 0 Å². The molecule has 3 rings (SSSR count). The predicted molar refractivity (Wildman–Crippen MR) is 109 cm³/mol. The van der Waals surface area contributed by atoms with Gasteiger partial charge >= 0.3 is 6.03 Å². The minimum absolute atomic E-state index is 0.0161. The van der Waals surface area contributed by atoms with Gasteiger partial charge in [-0.1, -0.05) is 35.9 Å². The molecule has 1 aliphatic rings. The van der Waals surface area contributed by atoms with Crippen LogP contribution in [0.4, 0.5) is 10.5 Å². The smallest absolute Gasteiger partial charge is 0.319 e. The van der Waals surface area contributed by atoms with Gasteiger partial charge in [-0.15, -0.1) is 0 Å². The molecule has 3 amide bonds. The summed E-state index contributed by atoms with van der Waals surface area (Å²) in [5.74, 6) is 0.926. The third-order valence-corrected chi connectivity index (χ3v) is 4.84. The van der Waals surface area contributed by atoms with Crippen molar-refractivity contribution in [2.45, 2.75) is 19.8 Å². The van der Waals surface area contributed by atoms with Gasteiger partial charge in [0.2, 0.25) is 0 Å². The number of carbonyl (C=O) groups is 2. The molecule has 2 aromatic carbocycles. The summed E-state index contributed by atoms with van der Waals surface area (Å²) in [6.07, 6.45) is 1.93. The van der Waals surface area contributed by atoms with E-state index >= 15 is 0 Å². The maximum atomic E-state index is 12.4. The average Bonchev–Trinajstić information content (AvgIpc) is 2.73. The van der Waals surface area contributed by atoms with Gasteiger partial charge in [-0.2, -0.15) is 0 Å².